The molecule has 19 nitrogen and oxygen atoms in total. The van der Waals surface area contributed by atoms with Gasteiger partial charge >= 0.3 is 35.1 Å². The summed E-state index contributed by atoms with van der Waals surface area (Å²) in [6.07, 6.45) is -0.398. The van der Waals surface area contributed by atoms with E-state index in [1.165, 1.54) is 6.07 Å². The summed E-state index contributed by atoms with van der Waals surface area (Å²) in [6, 6.07) is 1.17. The molecule has 33 heavy (non-hydrogen) atoms. The predicted molar refractivity (Wildman–Crippen MR) is 102 cm³/mol. The number of nitrogens with two attached hydrogens (primary N) is 1. The molecule has 0 amide bonds. The summed E-state index contributed by atoms with van der Waals surface area (Å²) in [5.41, 5.74) is 4.41. The van der Waals surface area contributed by atoms with Crippen molar-refractivity contribution in [2.45, 2.75) is 12.0 Å². The number of carboxylic acids is 1. The van der Waals surface area contributed by atoms with Crippen LogP contribution in [0.4, 0.5) is 5.82 Å². The standard InChI is InChI=1S/C11H19N4O15P3/c12-7-1-2-15(10(19)13-7)8-3-14(4-9(17)18)5-11(6-16,27-8)28-32(23,24)30-33(25,26)29-31(20,21)22/h1-2,8,16H,3-6H2,(H,17,18)(H,23,24)(H,25,26)(H2,12,13,19)(H2,20,21,22). The molecule has 2 heterocycles. The van der Waals surface area contributed by atoms with Gasteiger partial charge in [0.1, 0.15) is 5.82 Å². The van der Waals surface area contributed by atoms with Crippen molar-refractivity contribution in [1.29, 1.82) is 0 Å². The zero-order chi connectivity index (χ0) is 25.2. The summed E-state index contributed by atoms with van der Waals surface area (Å²) in [5, 5.41) is 18.9. The Morgan fingerprint density at radius 2 is 1.88 bits per heavy atom. The maximum absolute atomic E-state index is 12.3. The number of ether oxygens (including phenoxy) is 1. The van der Waals surface area contributed by atoms with E-state index in [0.717, 1.165) is 15.7 Å². The molecular weight excluding hydrogens is 521 g/mol. The van der Waals surface area contributed by atoms with Crippen LogP contribution in [0.1, 0.15) is 6.23 Å². The second kappa shape index (κ2) is 9.97. The summed E-state index contributed by atoms with van der Waals surface area (Å²) in [7, 11) is -17.4. The molecular formula is C11H19N4O15P3. The Morgan fingerprint density at radius 1 is 1.24 bits per heavy atom. The van der Waals surface area contributed by atoms with Crippen LogP contribution in [0.15, 0.2) is 17.1 Å². The van der Waals surface area contributed by atoms with Crippen molar-refractivity contribution in [2.75, 3.05) is 32.0 Å². The van der Waals surface area contributed by atoms with Crippen molar-refractivity contribution in [1.82, 2.24) is 14.5 Å². The van der Waals surface area contributed by atoms with Gasteiger partial charge in [-0.15, -0.1) is 0 Å². The van der Waals surface area contributed by atoms with E-state index < -0.39 is 66.8 Å². The first-order valence-corrected chi connectivity index (χ1v) is 12.9. The number of nitrogens with zero attached hydrogens (tertiary/aromatic N) is 3. The molecule has 22 heteroatoms. The summed E-state index contributed by atoms with van der Waals surface area (Å²) < 4.78 is 52.6. The Labute approximate surface area is 183 Å². The molecule has 0 radical (unpaired) electrons. The minimum atomic E-state index is -5.89. The number of rotatable bonds is 10. The highest BCUT2D eigenvalue weighted by molar-refractivity contribution is 7.66. The van der Waals surface area contributed by atoms with E-state index in [1.54, 1.807) is 0 Å². The summed E-state index contributed by atoms with van der Waals surface area (Å²) in [5.74, 6) is -4.20. The van der Waals surface area contributed by atoms with Gasteiger partial charge in [0, 0.05) is 12.7 Å². The van der Waals surface area contributed by atoms with Gasteiger partial charge in [-0.05, 0) is 6.07 Å². The van der Waals surface area contributed by atoms with E-state index >= 15 is 0 Å². The molecule has 1 aromatic rings. The number of hydrogen-bond acceptors (Lipinski definition) is 13. The Hall–Kier alpha value is -1.56. The van der Waals surface area contributed by atoms with E-state index in [0.29, 0.717) is 0 Å². The van der Waals surface area contributed by atoms with Crippen LogP contribution in [-0.4, -0.2) is 82.2 Å². The number of phosphoric acid groups is 3. The van der Waals surface area contributed by atoms with Crippen LogP contribution in [-0.2, 0) is 36.4 Å². The van der Waals surface area contributed by atoms with Gasteiger partial charge in [-0.3, -0.25) is 14.3 Å². The normalized spacial score (nSPS) is 25.8. The van der Waals surface area contributed by atoms with Crippen molar-refractivity contribution in [3.63, 3.8) is 0 Å². The Morgan fingerprint density at radius 3 is 2.39 bits per heavy atom. The SMILES string of the molecule is Nc1ccn(C2CN(CC(=O)O)CC(CO)(OP(=O)(O)OP(=O)(O)OP(=O)(O)O)O2)c(=O)n1. The zero-order valence-corrected chi connectivity index (χ0v) is 18.9. The molecule has 1 saturated heterocycles. The van der Waals surface area contributed by atoms with Crippen molar-refractivity contribution in [3.8, 4) is 0 Å². The van der Waals surface area contributed by atoms with Gasteiger partial charge in [0.25, 0.3) is 0 Å². The van der Waals surface area contributed by atoms with E-state index in [1.807, 2.05) is 0 Å². The Kier molecular flexibility index (Phi) is 8.36. The number of aliphatic hydroxyl groups is 1. The molecule has 2 rings (SSSR count). The van der Waals surface area contributed by atoms with Crippen LogP contribution in [0.25, 0.3) is 0 Å². The highest BCUT2D eigenvalue weighted by Crippen LogP contribution is 2.67. The average molecular weight is 540 g/mol. The van der Waals surface area contributed by atoms with Crippen LogP contribution < -0.4 is 11.4 Å². The van der Waals surface area contributed by atoms with Gasteiger partial charge in [0.05, 0.1) is 19.7 Å². The first-order chi connectivity index (χ1) is 14.9. The van der Waals surface area contributed by atoms with Crippen LogP contribution in [0, 0.1) is 0 Å². The van der Waals surface area contributed by atoms with Crippen molar-refractivity contribution in [2.24, 2.45) is 0 Å². The van der Waals surface area contributed by atoms with Crippen molar-refractivity contribution >= 4 is 35.3 Å². The third kappa shape index (κ3) is 8.31. The van der Waals surface area contributed by atoms with Crippen molar-refractivity contribution in [3.05, 3.63) is 22.7 Å². The number of carboxylic acid groups (broad SMARTS) is 1. The maximum atomic E-state index is 12.3. The lowest BCUT2D eigenvalue weighted by atomic mass is 10.2. The van der Waals surface area contributed by atoms with Gasteiger partial charge in [-0.1, -0.05) is 0 Å². The fourth-order valence-electron chi connectivity index (χ4n) is 2.72. The van der Waals surface area contributed by atoms with Gasteiger partial charge < -0.3 is 40.3 Å². The molecule has 1 aliphatic heterocycles. The molecule has 0 aliphatic carbocycles. The molecule has 1 aromatic heterocycles. The Balaban J connectivity index is 2.38. The first-order valence-electron chi connectivity index (χ1n) is 8.37. The Bertz CT molecular complexity index is 1090. The zero-order valence-electron chi connectivity index (χ0n) is 16.2. The summed E-state index contributed by atoms with van der Waals surface area (Å²) in [4.78, 5) is 64.0. The number of carbonyl (C=O) groups is 1. The topological polar surface area (TPSA) is 291 Å². The fraction of sp³-hybridized carbons (Fsp3) is 0.545. The lowest BCUT2D eigenvalue weighted by Crippen LogP contribution is -2.58. The quantitative estimate of drug-likeness (QED) is 0.154. The predicted octanol–water partition coefficient (Wildman–Crippen LogP) is -2.23. The smallest absolute Gasteiger partial charge is 0.480 e. The van der Waals surface area contributed by atoms with Crippen LogP contribution >= 0.6 is 23.5 Å². The highest BCUT2D eigenvalue weighted by Gasteiger charge is 2.51. The number of anilines is 1. The minimum absolute atomic E-state index is 0.170. The lowest BCUT2D eigenvalue weighted by Gasteiger charge is -2.44. The number of aliphatic hydroxyl groups excluding tert-OH is 1. The van der Waals surface area contributed by atoms with Gasteiger partial charge in [0.15, 0.2) is 6.23 Å². The largest absolute Gasteiger partial charge is 0.490 e. The van der Waals surface area contributed by atoms with Crippen LogP contribution in [0.2, 0.25) is 0 Å². The molecule has 188 valence electrons. The van der Waals surface area contributed by atoms with E-state index in [9.17, 15) is 38.2 Å². The molecule has 0 saturated carbocycles. The van der Waals surface area contributed by atoms with Crippen LogP contribution in [0.5, 0.6) is 0 Å². The molecule has 1 aliphatic rings. The van der Waals surface area contributed by atoms with E-state index in [4.69, 9.17) is 25.4 Å². The van der Waals surface area contributed by atoms with E-state index in [-0.39, 0.29) is 12.4 Å². The molecule has 0 bridgehead atoms. The van der Waals surface area contributed by atoms with Gasteiger partial charge in [-0.2, -0.15) is 13.6 Å². The molecule has 4 atom stereocenters. The van der Waals surface area contributed by atoms with E-state index in [2.05, 4.69) is 18.1 Å². The number of morpholine rings is 1. The van der Waals surface area contributed by atoms with Crippen LogP contribution in [0.3, 0.4) is 0 Å². The van der Waals surface area contributed by atoms with Crippen molar-refractivity contribution < 1.29 is 66.2 Å². The first kappa shape index (κ1) is 27.7. The molecule has 4 unspecified atom stereocenters. The van der Waals surface area contributed by atoms with Gasteiger partial charge in [-0.25, -0.2) is 23.0 Å². The fourth-order valence-corrected chi connectivity index (χ4v) is 5.94. The third-order valence-corrected chi connectivity index (χ3v) is 7.58. The molecule has 0 spiro atoms. The maximum Gasteiger partial charge on any atom is 0.490 e. The number of aliphatic carboxylic acids is 1. The second-order valence-electron chi connectivity index (χ2n) is 6.43. The summed E-state index contributed by atoms with van der Waals surface area (Å²) in [6.45, 7) is -3.11. The molecule has 0 aromatic carbocycles. The third-order valence-electron chi connectivity index (χ3n) is 3.69. The summed E-state index contributed by atoms with van der Waals surface area (Å²) >= 11 is 0. The average Bonchev–Trinajstić information content (AvgIpc) is 2.56. The number of hydrogen-bond donors (Lipinski definition) is 7. The second-order valence-corrected chi connectivity index (χ2v) is 10.8. The van der Waals surface area contributed by atoms with Gasteiger partial charge in [0.2, 0.25) is 5.79 Å². The highest BCUT2D eigenvalue weighted by atomic mass is 31.3. The number of aromatic nitrogens is 2. The molecule has 8 N–H and O–H groups in total. The monoisotopic (exact) mass is 540 g/mol. The molecule has 1 fully saturated rings. The lowest BCUT2D eigenvalue weighted by molar-refractivity contribution is -0.289. The number of phosphoric ester groups is 1. The number of nitrogen functional groups attached to an aromatic ring is 1. The minimum Gasteiger partial charge on any atom is -0.480 e.